The molecule has 0 aromatic heterocycles. The molecule has 0 saturated carbocycles. The standard InChI is InChI=1S/C9H18N2O/c1-3-5-8(2)9(12)11-7-4-6-10/h5H,3-4,6-7,10H2,1-2H3,(H,11,12). The lowest BCUT2D eigenvalue weighted by atomic mass is 10.2. The number of nitrogens with two attached hydrogens (primary N) is 1. The van der Waals surface area contributed by atoms with E-state index in [1.165, 1.54) is 0 Å². The molecule has 0 aliphatic heterocycles. The minimum atomic E-state index is 0.0188. The van der Waals surface area contributed by atoms with Crippen molar-refractivity contribution in [3.05, 3.63) is 11.6 Å². The first kappa shape index (κ1) is 11.2. The molecule has 0 aromatic carbocycles. The van der Waals surface area contributed by atoms with Crippen molar-refractivity contribution in [2.75, 3.05) is 13.1 Å². The lowest BCUT2D eigenvalue weighted by Gasteiger charge is -2.03. The average Bonchev–Trinajstić information content (AvgIpc) is 2.05. The highest BCUT2D eigenvalue weighted by Crippen LogP contribution is 1.94. The van der Waals surface area contributed by atoms with E-state index in [-0.39, 0.29) is 5.91 Å². The van der Waals surface area contributed by atoms with Crippen molar-refractivity contribution in [1.82, 2.24) is 5.32 Å². The molecule has 0 rings (SSSR count). The van der Waals surface area contributed by atoms with Gasteiger partial charge in [0.1, 0.15) is 0 Å². The first-order chi connectivity index (χ1) is 5.72. The number of allylic oxidation sites excluding steroid dienone is 1. The molecule has 0 aromatic rings. The second kappa shape index (κ2) is 6.85. The molecule has 3 N–H and O–H groups in total. The number of hydrogen-bond acceptors (Lipinski definition) is 2. The van der Waals surface area contributed by atoms with Gasteiger partial charge < -0.3 is 11.1 Å². The number of amides is 1. The van der Waals surface area contributed by atoms with E-state index >= 15 is 0 Å². The molecule has 12 heavy (non-hydrogen) atoms. The Kier molecular flexibility index (Phi) is 6.38. The second-order valence-corrected chi connectivity index (χ2v) is 2.69. The maximum Gasteiger partial charge on any atom is 0.246 e. The van der Waals surface area contributed by atoms with Crippen molar-refractivity contribution < 1.29 is 4.79 Å². The third-order valence-electron chi connectivity index (χ3n) is 1.53. The van der Waals surface area contributed by atoms with Gasteiger partial charge in [-0.25, -0.2) is 0 Å². The summed E-state index contributed by atoms with van der Waals surface area (Å²) < 4.78 is 0. The molecule has 0 unspecified atom stereocenters. The monoisotopic (exact) mass is 170 g/mol. The van der Waals surface area contributed by atoms with Crippen LogP contribution in [0.3, 0.4) is 0 Å². The maximum atomic E-state index is 11.2. The molecular formula is C9H18N2O. The zero-order valence-corrected chi connectivity index (χ0v) is 7.89. The first-order valence-electron chi connectivity index (χ1n) is 4.37. The Morgan fingerprint density at radius 3 is 2.75 bits per heavy atom. The molecule has 0 heterocycles. The topological polar surface area (TPSA) is 55.1 Å². The summed E-state index contributed by atoms with van der Waals surface area (Å²) in [7, 11) is 0. The molecule has 3 nitrogen and oxygen atoms in total. The Morgan fingerprint density at radius 1 is 1.58 bits per heavy atom. The quantitative estimate of drug-likeness (QED) is 0.474. The lowest BCUT2D eigenvalue weighted by Crippen LogP contribution is -2.26. The third-order valence-corrected chi connectivity index (χ3v) is 1.53. The van der Waals surface area contributed by atoms with Crippen molar-refractivity contribution in [1.29, 1.82) is 0 Å². The summed E-state index contributed by atoms with van der Waals surface area (Å²) in [6, 6.07) is 0. The van der Waals surface area contributed by atoms with E-state index in [1.54, 1.807) is 0 Å². The Morgan fingerprint density at radius 2 is 2.25 bits per heavy atom. The highest BCUT2D eigenvalue weighted by molar-refractivity contribution is 5.92. The highest BCUT2D eigenvalue weighted by Gasteiger charge is 2.00. The van der Waals surface area contributed by atoms with Gasteiger partial charge in [-0.05, 0) is 26.3 Å². The molecule has 0 atom stereocenters. The van der Waals surface area contributed by atoms with Crippen LogP contribution in [0, 0.1) is 0 Å². The fourth-order valence-electron chi connectivity index (χ4n) is 0.842. The van der Waals surface area contributed by atoms with Crippen LogP contribution in [0.15, 0.2) is 11.6 Å². The van der Waals surface area contributed by atoms with Gasteiger partial charge in [-0.15, -0.1) is 0 Å². The fraction of sp³-hybridized carbons (Fsp3) is 0.667. The molecule has 0 bridgehead atoms. The van der Waals surface area contributed by atoms with Crippen LogP contribution >= 0.6 is 0 Å². The molecule has 70 valence electrons. The van der Waals surface area contributed by atoms with E-state index in [9.17, 15) is 4.79 Å². The average molecular weight is 170 g/mol. The normalized spacial score (nSPS) is 11.4. The van der Waals surface area contributed by atoms with E-state index in [2.05, 4.69) is 5.32 Å². The van der Waals surface area contributed by atoms with Gasteiger partial charge in [0.25, 0.3) is 0 Å². The lowest BCUT2D eigenvalue weighted by molar-refractivity contribution is -0.117. The molecule has 0 aliphatic rings. The maximum absolute atomic E-state index is 11.2. The summed E-state index contributed by atoms with van der Waals surface area (Å²) >= 11 is 0. The summed E-state index contributed by atoms with van der Waals surface area (Å²) in [5, 5.41) is 2.78. The van der Waals surface area contributed by atoms with E-state index in [4.69, 9.17) is 5.73 Å². The smallest absolute Gasteiger partial charge is 0.246 e. The third kappa shape index (κ3) is 4.91. The van der Waals surface area contributed by atoms with Gasteiger partial charge in [0, 0.05) is 12.1 Å². The first-order valence-corrected chi connectivity index (χ1v) is 4.37. The zero-order chi connectivity index (χ0) is 9.40. The van der Waals surface area contributed by atoms with Gasteiger partial charge in [0.15, 0.2) is 0 Å². The number of hydrogen-bond donors (Lipinski definition) is 2. The van der Waals surface area contributed by atoms with Crippen LogP contribution in [0.5, 0.6) is 0 Å². The minimum absolute atomic E-state index is 0.0188. The predicted octanol–water partition coefficient (Wildman–Crippen LogP) is 0.808. The van der Waals surface area contributed by atoms with Crippen molar-refractivity contribution in [3.8, 4) is 0 Å². The van der Waals surface area contributed by atoms with E-state index in [1.807, 2.05) is 19.9 Å². The summed E-state index contributed by atoms with van der Waals surface area (Å²) in [6.07, 6.45) is 3.65. The van der Waals surface area contributed by atoms with Crippen LogP contribution in [-0.2, 0) is 4.79 Å². The summed E-state index contributed by atoms with van der Waals surface area (Å²) in [5.74, 6) is 0.0188. The molecular weight excluding hydrogens is 152 g/mol. The summed E-state index contributed by atoms with van der Waals surface area (Å²) in [4.78, 5) is 11.2. The zero-order valence-electron chi connectivity index (χ0n) is 7.89. The van der Waals surface area contributed by atoms with E-state index in [0.29, 0.717) is 13.1 Å². The van der Waals surface area contributed by atoms with Crippen molar-refractivity contribution in [2.24, 2.45) is 5.73 Å². The SMILES string of the molecule is CCC=C(C)C(=O)NCCCN. The Bertz CT molecular complexity index is 164. The fourth-order valence-corrected chi connectivity index (χ4v) is 0.842. The summed E-state index contributed by atoms with van der Waals surface area (Å²) in [6.45, 7) is 5.12. The Labute approximate surface area is 74.0 Å². The number of carbonyl (C=O) groups is 1. The molecule has 3 heteroatoms. The van der Waals surface area contributed by atoms with Crippen molar-refractivity contribution in [3.63, 3.8) is 0 Å². The number of rotatable bonds is 5. The predicted molar refractivity (Wildman–Crippen MR) is 50.7 cm³/mol. The molecule has 1 amide bonds. The van der Waals surface area contributed by atoms with Crippen LogP contribution in [-0.4, -0.2) is 19.0 Å². The Balaban J connectivity index is 3.64. The number of carbonyl (C=O) groups excluding carboxylic acids is 1. The van der Waals surface area contributed by atoms with Crippen LogP contribution in [0.1, 0.15) is 26.7 Å². The molecule has 0 spiro atoms. The van der Waals surface area contributed by atoms with Crippen LogP contribution in [0.25, 0.3) is 0 Å². The van der Waals surface area contributed by atoms with Crippen molar-refractivity contribution in [2.45, 2.75) is 26.7 Å². The molecule has 0 aliphatic carbocycles. The van der Waals surface area contributed by atoms with E-state index in [0.717, 1.165) is 18.4 Å². The van der Waals surface area contributed by atoms with Gasteiger partial charge in [0.2, 0.25) is 5.91 Å². The van der Waals surface area contributed by atoms with E-state index < -0.39 is 0 Å². The Hall–Kier alpha value is -0.830. The van der Waals surface area contributed by atoms with Gasteiger partial charge in [-0.2, -0.15) is 0 Å². The van der Waals surface area contributed by atoms with Gasteiger partial charge in [-0.3, -0.25) is 4.79 Å². The van der Waals surface area contributed by atoms with Crippen LogP contribution in [0.2, 0.25) is 0 Å². The molecule has 0 radical (unpaired) electrons. The van der Waals surface area contributed by atoms with Gasteiger partial charge in [-0.1, -0.05) is 13.0 Å². The van der Waals surface area contributed by atoms with Gasteiger partial charge >= 0.3 is 0 Å². The van der Waals surface area contributed by atoms with Crippen molar-refractivity contribution >= 4 is 5.91 Å². The largest absolute Gasteiger partial charge is 0.352 e. The minimum Gasteiger partial charge on any atom is -0.352 e. The summed E-state index contributed by atoms with van der Waals surface area (Å²) in [5.41, 5.74) is 6.07. The van der Waals surface area contributed by atoms with Crippen LogP contribution < -0.4 is 11.1 Å². The second-order valence-electron chi connectivity index (χ2n) is 2.69. The molecule has 0 fully saturated rings. The molecule has 0 saturated heterocycles. The van der Waals surface area contributed by atoms with Gasteiger partial charge in [0.05, 0.1) is 0 Å². The highest BCUT2D eigenvalue weighted by atomic mass is 16.1. The number of nitrogens with one attached hydrogen (secondary N) is 1. The van der Waals surface area contributed by atoms with Crippen LogP contribution in [0.4, 0.5) is 0 Å².